The van der Waals surface area contributed by atoms with Crippen LogP contribution < -0.4 is 0 Å². The molecule has 0 aliphatic carbocycles. The van der Waals surface area contributed by atoms with E-state index in [4.69, 9.17) is 15.0 Å². The summed E-state index contributed by atoms with van der Waals surface area (Å²) in [6, 6.07) is 85.9. The van der Waals surface area contributed by atoms with E-state index in [-0.39, 0.29) is 0 Å². The Morgan fingerprint density at radius 3 is 0.986 bits per heavy atom. The molecule has 0 fully saturated rings. The van der Waals surface area contributed by atoms with Crippen LogP contribution in [0.3, 0.4) is 0 Å². The molecule has 15 rings (SSSR count). The zero-order valence-electron chi connectivity index (χ0n) is 38.3. The third-order valence-electron chi connectivity index (χ3n) is 14.7. The highest BCUT2D eigenvalue weighted by atomic mass is 32.1. The van der Waals surface area contributed by atoms with E-state index in [2.05, 4.69) is 200 Å². The molecule has 3 nitrogen and oxygen atoms in total. The van der Waals surface area contributed by atoms with Gasteiger partial charge < -0.3 is 0 Å². The zero-order chi connectivity index (χ0) is 46.6. The van der Waals surface area contributed by atoms with Gasteiger partial charge in [0, 0.05) is 36.9 Å². The van der Waals surface area contributed by atoms with E-state index >= 15 is 0 Å². The second-order valence-electron chi connectivity index (χ2n) is 18.5. The van der Waals surface area contributed by atoms with E-state index in [9.17, 15) is 0 Å². The quantitative estimate of drug-likeness (QED) is 0.128. The molecule has 328 valence electrons. The van der Waals surface area contributed by atoms with Crippen LogP contribution in [0, 0.1) is 0 Å². The Kier molecular flexibility index (Phi) is 8.83. The molecule has 0 aliphatic rings. The molecule has 0 aliphatic heterocycles. The molecule has 71 heavy (non-hydrogen) atoms. The molecule has 0 unspecified atom stereocenters. The van der Waals surface area contributed by atoms with Crippen LogP contribution in [0.15, 0.2) is 237 Å². The van der Waals surface area contributed by atoms with Crippen LogP contribution in [0.4, 0.5) is 0 Å². The molecular formula is C67H39N3S. The normalized spacial score (nSPS) is 11.9. The molecule has 0 saturated heterocycles. The minimum absolute atomic E-state index is 0.642. The van der Waals surface area contributed by atoms with Gasteiger partial charge in [-0.05, 0) is 116 Å². The summed E-state index contributed by atoms with van der Waals surface area (Å²) in [5.41, 5.74) is 7.77. The van der Waals surface area contributed by atoms with Gasteiger partial charge >= 0.3 is 0 Å². The lowest BCUT2D eigenvalue weighted by Crippen LogP contribution is -2.01. The third-order valence-corrected chi connectivity index (χ3v) is 15.8. The van der Waals surface area contributed by atoms with E-state index in [0.29, 0.717) is 17.5 Å². The van der Waals surface area contributed by atoms with E-state index in [1.807, 2.05) is 47.7 Å². The molecule has 0 amide bonds. The van der Waals surface area contributed by atoms with Crippen molar-refractivity contribution in [2.24, 2.45) is 0 Å². The van der Waals surface area contributed by atoms with Gasteiger partial charge in [0.2, 0.25) is 0 Å². The van der Waals surface area contributed by atoms with Crippen LogP contribution in [-0.4, -0.2) is 15.0 Å². The minimum Gasteiger partial charge on any atom is -0.208 e. The van der Waals surface area contributed by atoms with Crippen LogP contribution in [0.2, 0.25) is 0 Å². The van der Waals surface area contributed by atoms with Gasteiger partial charge in [0.25, 0.3) is 0 Å². The first-order valence-electron chi connectivity index (χ1n) is 24.2. The molecule has 0 saturated carbocycles. The van der Waals surface area contributed by atoms with E-state index in [0.717, 1.165) is 38.2 Å². The Hall–Kier alpha value is -9.09. The smallest absolute Gasteiger partial charge is 0.165 e. The lowest BCUT2D eigenvalue weighted by Gasteiger charge is -2.22. The van der Waals surface area contributed by atoms with Gasteiger partial charge in [-0.3, -0.25) is 0 Å². The molecule has 13 aromatic carbocycles. The van der Waals surface area contributed by atoms with E-state index in [1.54, 1.807) is 0 Å². The summed E-state index contributed by atoms with van der Waals surface area (Å²) < 4.78 is 2.59. The van der Waals surface area contributed by atoms with Gasteiger partial charge in [-0.25, -0.2) is 15.0 Å². The maximum Gasteiger partial charge on any atom is 0.165 e. The highest BCUT2D eigenvalue weighted by molar-refractivity contribution is 7.26. The molecule has 4 heteroatoms. The number of nitrogens with zero attached hydrogens (tertiary/aromatic N) is 3. The minimum atomic E-state index is 0.642. The topological polar surface area (TPSA) is 38.7 Å². The average molecular weight is 918 g/mol. The van der Waals surface area contributed by atoms with Crippen LogP contribution >= 0.6 is 11.3 Å². The highest BCUT2D eigenvalue weighted by Gasteiger charge is 2.25. The standard InChI is InChI=1S/C67H39N3S/c1-3-19-40(20-4-1)65-68-66(41-21-5-2-6-22-41)70-67(69-65)64-54-33-17-15-31-52(54)63(53-32-16-18-34-55(53)64)62-50-29-13-11-27-48(50)61(49-28-12-14-30-51(49)62)42-35-36-47-58-38-56-45-25-9-7-23-43(45)44-24-8-10-26-46(44)57(56)39-60(58)71-59(47)37-42/h1-39H. The molecular weight excluding hydrogens is 879 g/mol. The van der Waals surface area contributed by atoms with Gasteiger partial charge in [-0.2, -0.15) is 0 Å². The summed E-state index contributed by atoms with van der Waals surface area (Å²) in [5, 5.41) is 19.7. The maximum atomic E-state index is 5.30. The molecule has 0 radical (unpaired) electrons. The number of hydrogen-bond acceptors (Lipinski definition) is 4. The van der Waals surface area contributed by atoms with Crippen LogP contribution in [0.25, 0.3) is 152 Å². The third kappa shape index (κ3) is 6.12. The van der Waals surface area contributed by atoms with Crippen molar-refractivity contribution in [1.29, 1.82) is 0 Å². The molecule has 2 aromatic heterocycles. The van der Waals surface area contributed by atoms with Gasteiger partial charge in [0.15, 0.2) is 17.5 Å². The maximum absolute atomic E-state index is 5.30. The number of rotatable bonds is 5. The summed E-state index contributed by atoms with van der Waals surface area (Å²) in [5.74, 6) is 1.93. The fourth-order valence-electron chi connectivity index (χ4n) is 11.6. The number of fused-ring (bicyclic) bond motifs is 13. The monoisotopic (exact) mass is 917 g/mol. The van der Waals surface area contributed by atoms with Crippen molar-refractivity contribution in [1.82, 2.24) is 15.0 Å². The molecule has 0 N–H and O–H groups in total. The van der Waals surface area contributed by atoms with Crippen LogP contribution in [0.5, 0.6) is 0 Å². The zero-order valence-corrected chi connectivity index (χ0v) is 39.1. The van der Waals surface area contributed by atoms with Crippen molar-refractivity contribution in [3.8, 4) is 56.4 Å². The van der Waals surface area contributed by atoms with Crippen molar-refractivity contribution < 1.29 is 0 Å². The Bertz CT molecular complexity index is 4520. The van der Waals surface area contributed by atoms with Crippen LogP contribution in [0.1, 0.15) is 0 Å². The lowest BCUT2D eigenvalue weighted by atomic mass is 9.81. The van der Waals surface area contributed by atoms with Gasteiger partial charge in [0.05, 0.1) is 0 Å². The molecule has 0 spiro atoms. The summed E-state index contributed by atoms with van der Waals surface area (Å²) in [6.45, 7) is 0. The SMILES string of the molecule is c1ccc(-c2nc(-c3ccccc3)nc(-c3c4ccccc4c(-c4c5ccccc5c(-c5ccc6c(c5)sc5cc7c8ccccc8c8ccccc8c7cc56)c5ccccc45)c4ccccc34)n2)cc1. The van der Waals surface area contributed by atoms with E-state index in [1.165, 1.54) is 96.3 Å². The van der Waals surface area contributed by atoms with E-state index < -0.39 is 0 Å². The fourth-order valence-corrected chi connectivity index (χ4v) is 12.8. The first-order valence-corrected chi connectivity index (χ1v) is 25.0. The van der Waals surface area contributed by atoms with Crippen molar-refractivity contribution in [3.05, 3.63) is 237 Å². The predicted molar refractivity (Wildman–Crippen MR) is 302 cm³/mol. The summed E-state index contributed by atoms with van der Waals surface area (Å²) >= 11 is 1.90. The number of benzene rings is 13. The lowest BCUT2D eigenvalue weighted by molar-refractivity contribution is 1.08. The van der Waals surface area contributed by atoms with Crippen molar-refractivity contribution >= 4 is 107 Å². The molecule has 0 atom stereocenters. The van der Waals surface area contributed by atoms with Gasteiger partial charge in [-0.15, -0.1) is 11.3 Å². The first kappa shape index (κ1) is 39.9. The molecule has 0 bridgehead atoms. The van der Waals surface area contributed by atoms with Crippen molar-refractivity contribution in [2.75, 3.05) is 0 Å². The van der Waals surface area contributed by atoms with Crippen LogP contribution in [-0.2, 0) is 0 Å². The Labute approximate surface area is 412 Å². The van der Waals surface area contributed by atoms with Crippen molar-refractivity contribution in [2.45, 2.75) is 0 Å². The second kappa shape index (κ2) is 15.7. The fraction of sp³-hybridized carbons (Fsp3) is 0. The summed E-state index contributed by atoms with van der Waals surface area (Å²) in [6.07, 6.45) is 0. The van der Waals surface area contributed by atoms with Crippen molar-refractivity contribution in [3.63, 3.8) is 0 Å². The Balaban J connectivity index is 0.975. The largest absolute Gasteiger partial charge is 0.208 e. The highest BCUT2D eigenvalue weighted by Crippen LogP contribution is 2.51. The second-order valence-corrected chi connectivity index (χ2v) is 19.6. The first-order chi connectivity index (χ1) is 35.2. The number of hydrogen-bond donors (Lipinski definition) is 0. The summed E-state index contributed by atoms with van der Waals surface area (Å²) in [7, 11) is 0. The predicted octanol–water partition coefficient (Wildman–Crippen LogP) is 18.6. The number of aromatic nitrogens is 3. The Morgan fingerprint density at radius 2 is 0.535 bits per heavy atom. The Morgan fingerprint density at radius 1 is 0.197 bits per heavy atom. The van der Waals surface area contributed by atoms with Gasteiger partial charge in [-0.1, -0.05) is 218 Å². The number of thiophene rings is 1. The molecule has 15 aromatic rings. The summed E-state index contributed by atoms with van der Waals surface area (Å²) in [4.78, 5) is 15.7. The molecule has 2 heterocycles. The average Bonchev–Trinajstić information content (AvgIpc) is 3.80. The van der Waals surface area contributed by atoms with Gasteiger partial charge in [0.1, 0.15) is 0 Å².